The molecule has 106 valence electrons. The van der Waals surface area contributed by atoms with Crippen molar-refractivity contribution < 1.29 is 9.90 Å². The van der Waals surface area contributed by atoms with Gasteiger partial charge in [0.1, 0.15) is 0 Å². The molecule has 1 amide bonds. The molecule has 19 heavy (non-hydrogen) atoms. The van der Waals surface area contributed by atoms with Crippen LogP contribution in [0.1, 0.15) is 32.3 Å². The Labute approximate surface area is 115 Å². The molecule has 1 atom stereocenters. The largest absolute Gasteiger partial charge is 0.389 e. The second kappa shape index (κ2) is 6.68. The van der Waals surface area contributed by atoms with Crippen LogP contribution in [0.3, 0.4) is 0 Å². The molecule has 0 saturated carbocycles. The fraction of sp³-hybridized carbons (Fsp3) is 0.533. The Hall–Kier alpha value is -1.39. The Morgan fingerprint density at radius 3 is 2.37 bits per heavy atom. The van der Waals surface area contributed by atoms with E-state index in [-0.39, 0.29) is 18.4 Å². The summed E-state index contributed by atoms with van der Waals surface area (Å²) in [7, 11) is 0. The van der Waals surface area contributed by atoms with Crippen molar-refractivity contribution in [1.29, 1.82) is 0 Å². The van der Waals surface area contributed by atoms with Gasteiger partial charge in [-0.3, -0.25) is 4.79 Å². The van der Waals surface area contributed by atoms with Crippen LogP contribution in [-0.4, -0.2) is 41.1 Å². The standard InChI is InChI=1S/C15H24N2O2/c1-4-17(11-15(2,3)19)14(18)13(10-16)12-8-6-5-7-9-12/h5-9,13,19H,4,10-11,16H2,1-3H3. The number of hydrogen-bond donors (Lipinski definition) is 2. The van der Waals surface area contributed by atoms with Crippen molar-refractivity contribution in [2.24, 2.45) is 5.73 Å². The highest BCUT2D eigenvalue weighted by atomic mass is 16.3. The maximum Gasteiger partial charge on any atom is 0.231 e. The van der Waals surface area contributed by atoms with Gasteiger partial charge in [0.05, 0.1) is 11.5 Å². The predicted molar refractivity (Wildman–Crippen MR) is 76.8 cm³/mol. The minimum Gasteiger partial charge on any atom is -0.389 e. The molecule has 1 rings (SSSR count). The molecule has 0 aliphatic rings. The lowest BCUT2D eigenvalue weighted by molar-refractivity contribution is -0.135. The van der Waals surface area contributed by atoms with E-state index < -0.39 is 5.60 Å². The van der Waals surface area contributed by atoms with Crippen molar-refractivity contribution in [2.45, 2.75) is 32.3 Å². The number of hydrogen-bond acceptors (Lipinski definition) is 3. The Balaban J connectivity index is 2.88. The summed E-state index contributed by atoms with van der Waals surface area (Å²) in [6, 6.07) is 9.53. The molecule has 4 heteroatoms. The van der Waals surface area contributed by atoms with Crippen LogP contribution < -0.4 is 5.73 Å². The second-order valence-corrected chi connectivity index (χ2v) is 5.36. The van der Waals surface area contributed by atoms with Gasteiger partial charge in [-0.2, -0.15) is 0 Å². The molecule has 0 aliphatic carbocycles. The zero-order valence-corrected chi connectivity index (χ0v) is 12.0. The number of amides is 1. The van der Waals surface area contributed by atoms with Gasteiger partial charge < -0.3 is 15.7 Å². The van der Waals surface area contributed by atoms with Crippen LogP contribution in [0.5, 0.6) is 0 Å². The third-order valence-electron chi connectivity index (χ3n) is 3.01. The number of nitrogens with zero attached hydrogens (tertiary/aromatic N) is 1. The van der Waals surface area contributed by atoms with Crippen LogP contribution in [0.2, 0.25) is 0 Å². The average Bonchev–Trinajstić information content (AvgIpc) is 2.37. The van der Waals surface area contributed by atoms with Crippen molar-refractivity contribution in [3.8, 4) is 0 Å². The first-order chi connectivity index (χ1) is 8.89. The van der Waals surface area contributed by atoms with E-state index in [1.54, 1.807) is 18.7 Å². The van der Waals surface area contributed by atoms with Crippen LogP contribution in [0.25, 0.3) is 0 Å². The third-order valence-corrected chi connectivity index (χ3v) is 3.01. The Morgan fingerprint density at radius 1 is 1.37 bits per heavy atom. The molecule has 0 fully saturated rings. The quantitative estimate of drug-likeness (QED) is 0.815. The van der Waals surface area contributed by atoms with Gasteiger partial charge >= 0.3 is 0 Å². The molecule has 0 bridgehead atoms. The molecule has 1 unspecified atom stereocenters. The van der Waals surface area contributed by atoms with E-state index in [4.69, 9.17) is 5.73 Å². The smallest absolute Gasteiger partial charge is 0.231 e. The third kappa shape index (κ3) is 4.65. The van der Waals surface area contributed by atoms with E-state index in [1.165, 1.54) is 0 Å². The highest BCUT2D eigenvalue weighted by Gasteiger charge is 2.27. The van der Waals surface area contributed by atoms with E-state index in [9.17, 15) is 9.90 Å². The van der Waals surface area contributed by atoms with Gasteiger partial charge in [-0.15, -0.1) is 0 Å². The highest BCUT2D eigenvalue weighted by molar-refractivity contribution is 5.84. The van der Waals surface area contributed by atoms with Gasteiger partial charge in [-0.1, -0.05) is 30.3 Å². The van der Waals surface area contributed by atoms with Crippen LogP contribution in [0.15, 0.2) is 30.3 Å². The van der Waals surface area contributed by atoms with E-state index >= 15 is 0 Å². The van der Waals surface area contributed by atoms with Gasteiger partial charge in [0, 0.05) is 19.6 Å². The summed E-state index contributed by atoms with van der Waals surface area (Å²) in [6.07, 6.45) is 0. The summed E-state index contributed by atoms with van der Waals surface area (Å²) in [5, 5.41) is 9.87. The fourth-order valence-corrected chi connectivity index (χ4v) is 2.10. The predicted octanol–water partition coefficient (Wildman–Crippen LogP) is 1.35. The first-order valence-electron chi connectivity index (χ1n) is 6.65. The number of carbonyl (C=O) groups excluding carboxylic acids is 1. The van der Waals surface area contributed by atoms with E-state index in [0.29, 0.717) is 13.1 Å². The molecule has 0 spiro atoms. The van der Waals surface area contributed by atoms with Crippen molar-refractivity contribution >= 4 is 5.91 Å². The molecule has 3 N–H and O–H groups in total. The van der Waals surface area contributed by atoms with Gasteiger partial charge in [0.25, 0.3) is 0 Å². The van der Waals surface area contributed by atoms with Crippen molar-refractivity contribution in [2.75, 3.05) is 19.6 Å². The van der Waals surface area contributed by atoms with Gasteiger partial charge in [0.2, 0.25) is 5.91 Å². The monoisotopic (exact) mass is 264 g/mol. The first kappa shape index (κ1) is 15.7. The lowest BCUT2D eigenvalue weighted by Crippen LogP contribution is -2.45. The summed E-state index contributed by atoms with van der Waals surface area (Å²) in [6.45, 7) is 6.44. The van der Waals surface area contributed by atoms with Crippen molar-refractivity contribution in [3.63, 3.8) is 0 Å². The van der Waals surface area contributed by atoms with Crippen LogP contribution >= 0.6 is 0 Å². The molecular weight excluding hydrogens is 240 g/mol. The number of benzene rings is 1. The number of aliphatic hydroxyl groups is 1. The molecule has 0 aromatic heterocycles. The van der Waals surface area contributed by atoms with E-state index in [2.05, 4.69) is 0 Å². The normalized spacial score (nSPS) is 13.1. The number of likely N-dealkylation sites (N-methyl/N-ethyl adjacent to an activating group) is 1. The molecular formula is C15H24N2O2. The lowest BCUT2D eigenvalue weighted by Gasteiger charge is -2.31. The molecule has 1 aromatic carbocycles. The Kier molecular flexibility index (Phi) is 5.51. The maximum absolute atomic E-state index is 12.5. The summed E-state index contributed by atoms with van der Waals surface area (Å²) in [5.41, 5.74) is 5.77. The second-order valence-electron chi connectivity index (χ2n) is 5.36. The summed E-state index contributed by atoms with van der Waals surface area (Å²) in [5.74, 6) is -0.373. The van der Waals surface area contributed by atoms with Gasteiger partial charge in [-0.25, -0.2) is 0 Å². The maximum atomic E-state index is 12.5. The molecule has 1 aromatic rings. The minimum atomic E-state index is -0.901. The van der Waals surface area contributed by atoms with Crippen LogP contribution in [0, 0.1) is 0 Å². The topological polar surface area (TPSA) is 66.6 Å². The summed E-state index contributed by atoms with van der Waals surface area (Å²) < 4.78 is 0. The lowest BCUT2D eigenvalue weighted by atomic mass is 9.97. The summed E-state index contributed by atoms with van der Waals surface area (Å²) in [4.78, 5) is 14.2. The molecule has 0 heterocycles. The van der Waals surface area contributed by atoms with Crippen LogP contribution in [-0.2, 0) is 4.79 Å². The molecule has 0 saturated heterocycles. The minimum absolute atomic E-state index is 0.0293. The Morgan fingerprint density at radius 2 is 1.95 bits per heavy atom. The highest BCUT2D eigenvalue weighted by Crippen LogP contribution is 2.18. The number of rotatable bonds is 6. The van der Waals surface area contributed by atoms with Crippen molar-refractivity contribution in [3.05, 3.63) is 35.9 Å². The molecule has 0 aliphatic heterocycles. The number of nitrogens with two attached hydrogens (primary N) is 1. The SMILES string of the molecule is CCN(CC(C)(C)O)C(=O)C(CN)c1ccccc1. The Bertz CT molecular complexity index is 398. The summed E-state index contributed by atoms with van der Waals surface area (Å²) >= 11 is 0. The van der Waals surface area contributed by atoms with Gasteiger partial charge in [0.15, 0.2) is 0 Å². The van der Waals surface area contributed by atoms with Crippen LogP contribution in [0.4, 0.5) is 0 Å². The number of carbonyl (C=O) groups is 1. The molecule has 0 radical (unpaired) electrons. The average molecular weight is 264 g/mol. The molecule has 4 nitrogen and oxygen atoms in total. The van der Waals surface area contributed by atoms with E-state index in [0.717, 1.165) is 5.56 Å². The fourth-order valence-electron chi connectivity index (χ4n) is 2.10. The first-order valence-corrected chi connectivity index (χ1v) is 6.65. The zero-order valence-electron chi connectivity index (χ0n) is 12.0. The van der Waals surface area contributed by atoms with Crippen molar-refractivity contribution in [1.82, 2.24) is 4.90 Å². The van der Waals surface area contributed by atoms with Gasteiger partial charge in [-0.05, 0) is 26.3 Å². The van der Waals surface area contributed by atoms with E-state index in [1.807, 2.05) is 37.3 Å². The zero-order chi connectivity index (χ0) is 14.5.